The van der Waals surface area contributed by atoms with Gasteiger partial charge in [-0.3, -0.25) is 4.79 Å². The van der Waals surface area contributed by atoms with Gasteiger partial charge in [0.05, 0.1) is 0 Å². The van der Waals surface area contributed by atoms with Crippen molar-refractivity contribution in [2.75, 3.05) is 25.0 Å². The van der Waals surface area contributed by atoms with Gasteiger partial charge in [-0.25, -0.2) is 0 Å². The second-order valence-electron chi connectivity index (χ2n) is 5.37. The summed E-state index contributed by atoms with van der Waals surface area (Å²) >= 11 is 0. The highest BCUT2D eigenvalue weighted by atomic mass is 16.1. The topological polar surface area (TPSA) is 58.4 Å². The molecule has 1 aromatic rings. The molecule has 0 saturated heterocycles. The van der Waals surface area contributed by atoms with Crippen LogP contribution in [0, 0.1) is 13.8 Å². The number of likely N-dealkylation sites (N-methyl/N-ethyl adjacent to an activating group) is 2. The lowest BCUT2D eigenvalue weighted by Gasteiger charge is -2.33. The number of amides is 1. The molecule has 0 heterocycles. The predicted octanol–water partition coefficient (Wildman–Crippen LogP) is 1.59. The first kappa shape index (κ1) is 15.5. The lowest BCUT2D eigenvalue weighted by atomic mass is 10.00. The molecule has 0 aliphatic heterocycles. The Balaban J connectivity index is 2.94. The van der Waals surface area contributed by atoms with E-state index in [4.69, 9.17) is 5.73 Å². The molecule has 1 unspecified atom stereocenters. The average Bonchev–Trinajstić information content (AvgIpc) is 2.28. The van der Waals surface area contributed by atoms with Gasteiger partial charge in [0, 0.05) is 19.3 Å². The van der Waals surface area contributed by atoms with Gasteiger partial charge < -0.3 is 16.0 Å². The van der Waals surface area contributed by atoms with Crippen molar-refractivity contribution in [1.82, 2.24) is 5.32 Å². The number of nitrogens with two attached hydrogens (primary N) is 1. The number of primary amides is 1. The van der Waals surface area contributed by atoms with Crippen molar-refractivity contribution in [3.8, 4) is 0 Å². The Morgan fingerprint density at radius 2 is 2.05 bits per heavy atom. The minimum Gasteiger partial charge on any atom is -0.372 e. The smallest absolute Gasteiger partial charge is 0.239 e. The van der Waals surface area contributed by atoms with E-state index in [-0.39, 0.29) is 5.91 Å². The van der Waals surface area contributed by atoms with Crippen molar-refractivity contribution >= 4 is 11.6 Å². The molecule has 0 saturated carbocycles. The molecule has 0 spiro atoms. The fourth-order valence-electron chi connectivity index (χ4n) is 2.40. The van der Waals surface area contributed by atoms with Gasteiger partial charge >= 0.3 is 0 Å². The zero-order valence-electron chi connectivity index (χ0n) is 12.6. The summed E-state index contributed by atoms with van der Waals surface area (Å²) in [5.74, 6) is -0.328. The minimum atomic E-state index is -0.721. The minimum absolute atomic E-state index is 0.328. The van der Waals surface area contributed by atoms with Gasteiger partial charge in [0.25, 0.3) is 0 Å². The molecular formula is C15H25N3O. The van der Waals surface area contributed by atoms with Crippen LogP contribution in [-0.2, 0) is 4.79 Å². The zero-order chi connectivity index (χ0) is 14.6. The van der Waals surface area contributed by atoms with Crippen LogP contribution in [0.25, 0.3) is 0 Å². The van der Waals surface area contributed by atoms with Crippen LogP contribution in [0.3, 0.4) is 0 Å². The Hall–Kier alpha value is -1.55. The van der Waals surface area contributed by atoms with Crippen molar-refractivity contribution in [3.63, 3.8) is 0 Å². The number of aryl methyl sites for hydroxylation is 2. The predicted molar refractivity (Wildman–Crippen MR) is 80.5 cm³/mol. The van der Waals surface area contributed by atoms with Gasteiger partial charge in [-0.15, -0.1) is 0 Å². The van der Waals surface area contributed by atoms with Gasteiger partial charge in [0.1, 0.15) is 5.54 Å². The molecule has 4 heteroatoms. The first-order chi connectivity index (χ1) is 8.80. The number of nitrogens with zero attached hydrogens (tertiary/aromatic N) is 1. The number of rotatable bonds is 6. The Morgan fingerprint density at radius 3 is 2.53 bits per heavy atom. The van der Waals surface area contributed by atoms with Crippen molar-refractivity contribution in [1.29, 1.82) is 0 Å². The van der Waals surface area contributed by atoms with E-state index in [2.05, 4.69) is 42.3 Å². The Kier molecular flexibility index (Phi) is 4.95. The highest BCUT2D eigenvalue weighted by Crippen LogP contribution is 2.21. The molecule has 1 amide bonds. The third kappa shape index (κ3) is 3.70. The number of carbonyl (C=O) groups excluding carboxylic acids is 1. The molecule has 1 atom stereocenters. The summed E-state index contributed by atoms with van der Waals surface area (Å²) in [7, 11) is 1.98. The lowest BCUT2D eigenvalue weighted by Crippen LogP contribution is -2.59. The second kappa shape index (κ2) is 6.06. The Labute approximate surface area is 116 Å². The number of anilines is 1. The number of carbonyl (C=O) groups is 1. The molecule has 1 rings (SSSR count). The van der Waals surface area contributed by atoms with Gasteiger partial charge in [-0.2, -0.15) is 0 Å². The molecule has 0 bridgehead atoms. The number of hydrogen-bond donors (Lipinski definition) is 2. The van der Waals surface area contributed by atoms with E-state index >= 15 is 0 Å². The average molecular weight is 263 g/mol. The SMILES string of the molecule is CCNC(C)(CN(C)c1ccc(C)cc1C)C(N)=O. The van der Waals surface area contributed by atoms with E-state index in [0.29, 0.717) is 13.1 Å². The Morgan fingerprint density at radius 1 is 1.42 bits per heavy atom. The summed E-state index contributed by atoms with van der Waals surface area (Å²) in [6, 6.07) is 6.30. The van der Waals surface area contributed by atoms with Gasteiger partial charge in [0.2, 0.25) is 5.91 Å². The van der Waals surface area contributed by atoms with Crippen LogP contribution in [0.4, 0.5) is 5.69 Å². The maximum atomic E-state index is 11.7. The molecule has 0 aliphatic carbocycles. The summed E-state index contributed by atoms with van der Waals surface area (Å²) < 4.78 is 0. The second-order valence-corrected chi connectivity index (χ2v) is 5.37. The summed E-state index contributed by atoms with van der Waals surface area (Å²) in [4.78, 5) is 13.7. The molecule has 0 fully saturated rings. The van der Waals surface area contributed by atoms with Gasteiger partial charge in [-0.05, 0) is 38.9 Å². The van der Waals surface area contributed by atoms with Crippen molar-refractivity contribution < 1.29 is 4.79 Å². The summed E-state index contributed by atoms with van der Waals surface area (Å²) in [5, 5.41) is 3.17. The van der Waals surface area contributed by atoms with Crippen LogP contribution in [0.5, 0.6) is 0 Å². The largest absolute Gasteiger partial charge is 0.372 e. The van der Waals surface area contributed by atoms with Crippen LogP contribution in [-0.4, -0.2) is 31.6 Å². The normalized spacial score (nSPS) is 13.9. The molecule has 0 aliphatic rings. The molecule has 3 N–H and O–H groups in total. The van der Waals surface area contributed by atoms with Crippen LogP contribution >= 0.6 is 0 Å². The Bertz CT molecular complexity index is 459. The third-order valence-corrected chi connectivity index (χ3v) is 3.43. The number of nitrogens with one attached hydrogen (secondary N) is 1. The van der Waals surface area contributed by atoms with Crippen LogP contribution in [0.15, 0.2) is 18.2 Å². The van der Waals surface area contributed by atoms with E-state index in [1.807, 2.05) is 20.9 Å². The van der Waals surface area contributed by atoms with E-state index < -0.39 is 5.54 Å². The molecule has 0 radical (unpaired) electrons. The summed E-state index contributed by atoms with van der Waals surface area (Å²) in [5.41, 5.74) is 8.35. The molecule has 19 heavy (non-hydrogen) atoms. The molecule has 0 aromatic heterocycles. The van der Waals surface area contributed by atoms with Crippen LogP contribution in [0.2, 0.25) is 0 Å². The first-order valence-corrected chi connectivity index (χ1v) is 6.63. The van der Waals surface area contributed by atoms with E-state index in [9.17, 15) is 4.79 Å². The van der Waals surface area contributed by atoms with Gasteiger partial charge in [-0.1, -0.05) is 24.6 Å². The standard InChI is InChI=1S/C15H25N3O/c1-6-17-15(4,14(16)19)10-18(5)13-8-7-11(2)9-12(13)3/h7-9,17H,6,10H2,1-5H3,(H2,16,19). The number of benzene rings is 1. The van der Waals surface area contributed by atoms with Crippen molar-refractivity contribution in [2.45, 2.75) is 33.2 Å². The molecule has 1 aromatic carbocycles. The molecule has 4 nitrogen and oxygen atoms in total. The maximum absolute atomic E-state index is 11.7. The maximum Gasteiger partial charge on any atom is 0.239 e. The van der Waals surface area contributed by atoms with Crippen molar-refractivity contribution in [3.05, 3.63) is 29.3 Å². The lowest BCUT2D eigenvalue weighted by molar-refractivity contribution is -0.123. The van der Waals surface area contributed by atoms with E-state index in [0.717, 1.165) is 5.69 Å². The third-order valence-electron chi connectivity index (χ3n) is 3.43. The van der Waals surface area contributed by atoms with E-state index in [1.165, 1.54) is 11.1 Å². The first-order valence-electron chi connectivity index (χ1n) is 6.63. The zero-order valence-corrected chi connectivity index (χ0v) is 12.6. The van der Waals surface area contributed by atoms with Crippen molar-refractivity contribution in [2.24, 2.45) is 5.73 Å². The monoisotopic (exact) mass is 263 g/mol. The van der Waals surface area contributed by atoms with Crippen LogP contribution < -0.4 is 16.0 Å². The molecule has 106 valence electrons. The quantitative estimate of drug-likeness (QED) is 0.819. The summed E-state index contributed by atoms with van der Waals surface area (Å²) in [6.07, 6.45) is 0. The molecular weight excluding hydrogens is 238 g/mol. The highest BCUT2D eigenvalue weighted by Gasteiger charge is 2.31. The fraction of sp³-hybridized carbons (Fsp3) is 0.533. The number of hydrogen-bond acceptors (Lipinski definition) is 3. The fourth-order valence-corrected chi connectivity index (χ4v) is 2.40. The van der Waals surface area contributed by atoms with E-state index in [1.54, 1.807) is 0 Å². The summed E-state index contributed by atoms with van der Waals surface area (Å²) in [6.45, 7) is 9.22. The van der Waals surface area contributed by atoms with Crippen LogP contribution in [0.1, 0.15) is 25.0 Å². The van der Waals surface area contributed by atoms with Gasteiger partial charge in [0.15, 0.2) is 0 Å². The highest BCUT2D eigenvalue weighted by molar-refractivity contribution is 5.85.